The Bertz CT molecular complexity index is 1160. The van der Waals surface area contributed by atoms with Gasteiger partial charge in [-0.1, -0.05) is 0 Å². The van der Waals surface area contributed by atoms with Crippen molar-refractivity contribution in [3.05, 3.63) is 65.9 Å². The van der Waals surface area contributed by atoms with Gasteiger partial charge in [0.25, 0.3) is 0 Å². The standard InChI is InChI=1S/C25H30O2.I2/c1-11-12(2)16(6)21(17(7)13(11)3)25-20(10)23(26)22-18(8)14(4)15(5)19(9)24(22)27-25;1-2/h1-10H3;. The highest BCUT2D eigenvalue weighted by Crippen LogP contribution is 2.38. The lowest BCUT2D eigenvalue weighted by molar-refractivity contribution is 0.609. The molecular formula is C25H30I2O2. The van der Waals surface area contributed by atoms with Crippen molar-refractivity contribution in [2.24, 2.45) is 0 Å². The Kier molecular flexibility index (Phi) is 7.64. The molecule has 2 nitrogen and oxygen atoms in total. The van der Waals surface area contributed by atoms with Gasteiger partial charge in [-0.05, 0) is 119 Å². The Hall–Kier alpha value is -0.890. The third-order valence-electron chi connectivity index (χ3n) is 6.97. The van der Waals surface area contributed by atoms with Crippen LogP contribution in [0.2, 0.25) is 0 Å². The van der Waals surface area contributed by atoms with Crippen molar-refractivity contribution in [1.82, 2.24) is 0 Å². The van der Waals surface area contributed by atoms with Crippen LogP contribution < -0.4 is 5.43 Å². The predicted molar refractivity (Wildman–Crippen MR) is 143 cm³/mol. The molecule has 0 unspecified atom stereocenters. The first-order chi connectivity index (χ1) is 13.5. The smallest absolute Gasteiger partial charge is 0.196 e. The van der Waals surface area contributed by atoms with Crippen molar-refractivity contribution in [1.29, 1.82) is 0 Å². The summed E-state index contributed by atoms with van der Waals surface area (Å²) in [5.41, 5.74) is 13.3. The molecular weight excluding hydrogens is 586 g/mol. The summed E-state index contributed by atoms with van der Waals surface area (Å²) in [4.78, 5) is 13.4. The molecule has 3 rings (SSSR count). The van der Waals surface area contributed by atoms with Gasteiger partial charge in [-0.15, -0.1) is 0 Å². The van der Waals surface area contributed by atoms with Crippen molar-refractivity contribution in [2.75, 3.05) is 0 Å². The van der Waals surface area contributed by atoms with E-state index < -0.39 is 0 Å². The van der Waals surface area contributed by atoms with Crippen molar-refractivity contribution in [3.8, 4) is 11.3 Å². The van der Waals surface area contributed by atoms with E-state index >= 15 is 0 Å². The summed E-state index contributed by atoms with van der Waals surface area (Å²) in [6, 6.07) is 0. The molecule has 0 N–H and O–H groups in total. The van der Waals surface area contributed by atoms with Gasteiger partial charge in [0.05, 0.1) is 5.39 Å². The summed E-state index contributed by atoms with van der Waals surface area (Å²) in [6.07, 6.45) is 0. The summed E-state index contributed by atoms with van der Waals surface area (Å²) in [5, 5.41) is 0.729. The van der Waals surface area contributed by atoms with Gasteiger partial charge in [0.2, 0.25) is 0 Å². The molecule has 0 bridgehead atoms. The van der Waals surface area contributed by atoms with Gasteiger partial charge in [-0.2, -0.15) is 0 Å². The maximum Gasteiger partial charge on any atom is 0.196 e. The van der Waals surface area contributed by atoms with Gasteiger partial charge in [-0.25, -0.2) is 0 Å². The molecule has 1 aromatic heterocycles. The number of hydrogen-bond donors (Lipinski definition) is 0. The summed E-state index contributed by atoms with van der Waals surface area (Å²) >= 11 is 4.24. The van der Waals surface area contributed by atoms with Crippen molar-refractivity contribution < 1.29 is 4.42 Å². The minimum Gasteiger partial charge on any atom is -0.455 e. The van der Waals surface area contributed by atoms with Crippen LogP contribution in [0.5, 0.6) is 0 Å². The first-order valence-electron chi connectivity index (χ1n) is 9.76. The number of benzene rings is 2. The van der Waals surface area contributed by atoms with E-state index in [1.54, 1.807) is 0 Å². The maximum absolute atomic E-state index is 13.4. The molecule has 4 heteroatoms. The molecule has 0 aliphatic carbocycles. The average Bonchev–Trinajstić information content (AvgIpc) is 2.72. The zero-order valence-corrected chi connectivity index (χ0v) is 23.4. The first-order valence-corrected chi connectivity index (χ1v) is 16.0. The Morgan fingerprint density at radius 2 is 0.897 bits per heavy atom. The van der Waals surface area contributed by atoms with Crippen LogP contribution in [0.1, 0.15) is 55.6 Å². The van der Waals surface area contributed by atoms with Crippen LogP contribution in [0.4, 0.5) is 0 Å². The fourth-order valence-corrected chi connectivity index (χ4v) is 4.23. The van der Waals surface area contributed by atoms with E-state index in [-0.39, 0.29) is 5.43 Å². The number of halogens is 2. The van der Waals surface area contributed by atoms with Crippen LogP contribution in [0.3, 0.4) is 0 Å². The van der Waals surface area contributed by atoms with Gasteiger partial charge in [0.1, 0.15) is 11.3 Å². The highest BCUT2D eigenvalue weighted by atomic mass is 128. The van der Waals surface area contributed by atoms with Crippen molar-refractivity contribution in [3.63, 3.8) is 0 Å². The van der Waals surface area contributed by atoms with E-state index in [2.05, 4.69) is 92.6 Å². The molecule has 1 heterocycles. The van der Waals surface area contributed by atoms with E-state index in [1.807, 2.05) is 13.8 Å². The van der Waals surface area contributed by atoms with Crippen LogP contribution in [0, 0.1) is 69.2 Å². The summed E-state index contributed by atoms with van der Waals surface area (Å²) < 4.78 is 6.52. The molecule has 0 radical (unpaired) electrons. The Morgan fingerprint density at radius 3 is 1.38 bits per heavy atom. The van der Waals surface area contributed by atoms with E-state index in [0.717, 1.165) is 33.4 Å². The fourth-order valence-electron chi connectivity index (χ4n) is 4.23. The molecule has 0 saturated carbocycles. The molecule has 0 aliphatic heterocycles. The number of rotatable bonds is 1. The lowest BCUT2D eigenvalue weighted by Gasteiger charge is -2.20. The molecule has 0 amide bonds. The predicted octanol–water partition coefficient (Wildman–Crippen LogP) is 8.32. The molecule has 156 valence electrons. The first kappa shape index (κ1) is 24.4. The topological polar surface area (TPSA) is 30.2 Å². The van der Waals surface area contributed by atoms with Crippen LogP contribution in [-0.4, -0.2) is 0 Å². The SMILES string of the molecule is Cc1c(C)c(C)c(-c2oc3c(C)c(C)c(C)c(C)c3c(=O)c2C)c(C)c1C.II. The van der Waals surface area contributed by atoms with Gasteiger partial charge in [-0.3, -0.25) is 4.79 Å². The quantitative estimate of drug-likeness (QED) is 0.258. The Labute approximate surface area is 197 Å². The lowest BCUT2D eigenvalue weighted by atomic mass is 9.87. The molecule has 0 spiro atoms. The fraction of sp³-hybridized carbons (Fsp3) is 0.400. The molecule has 2 aromatic carbocycles. The number of fused-ring (bicyclic) bond motifs is 1. The minimum absolute atomic E-state index is 0.0876. The third-order valence-corrected chi connectivity index (χ3v) is 6.97. The van der Waals surface area contributed by atoms with E-state index in [0.29, 0.717) is 5.56 Å². The molecule has 29 heavy (non-hydrogen) atoms. The second-order valence-electron chi connectivity index (χ2n) is 8.09. The number of aryl methyl sites for hydroxylation is 2. The van der Waals surface area contributed by atoms with Crippen LogP contribution in [0.15, 0.2) is 9.21 Å². The van der Waals surface area contributed by atoms with E-state index in [9.17, 15) is 4.79 Å². The van der Waals surface area contributed by atoms with Crippen molar-refractivity contribution in [2.45, 2.75) is 69.2 Å². The van der Waals surface area contributed by atoms with Crippen LogP contribution >= 0.6 is 37.2 Å². The van der Waals surface area contributed by atoms with Crippen molar-refractivity contribution >= 4 is 48.2 Å². The normalized spacial score (nSPS) is 10.9. The van der Waals surface area contributed by atoms with Gasteiger partial charge >= 0.3 is 0 Å². The summed E-state index contributed by atoms with van der Waals surface area (Å²) in [5.74, 6) is 0.722. The van der Waals surface area contributed by atoms with Crippen LogP contribution in [-0.2, 0) is 0 Å². The minimum atomic E-state index is 0.0876. The second-order valence-corrected chi connectivity index (χ2v) is 8.09. The largest absolute Gasteiger partial charge is 0.455 e. The summed E-state index contributed by atoms with van der Waals surface area (Å²) in [7, 11) is 0. The zero-order chi connectivity index (χ0) is 22.4. The molecule has 0 atom stereocenters. The Morgan fingerprint density at radius 1 is 0.517 bits per heavy atom. The van der Waals surface area contributed by atoms with Crippen LogP contribution in [0.25, 0.3) is 22.3 Å². The second kappa shape index (κ2) is 9.08. The lowest BCUT2D eigenvalue weighted by Crippen LogP contribution is -2.12. The highest BCUT2D eigenvalue weighted by molar-refractivity contribution is 15.0. The average molecular weight is 616 g/mol. The van der Waals surface area contributed by atoms with Gasteiger partial charge < -0.3 is 4.42 Å². The molecule has 0 fully saturated rings. The maximum atomic E-state index is 13.4. The molecule has 0 aliphatic rings. The summed E-state index contributed by atoms with van der Waals surface area (Å²) in [6.45, 7) is 20.9. The zero-order valence-electron chi connectivity index (χ0n) is 19.1. The number of hydrogen-bond acceptors (Lipinski definition) is 2. The van der Waals surface area contributed by atoms with E-state index in [1.165, 1.54) is 38.9 Å². The van der Waals surface area contributed by atoms with Gasteiger partial charge in [0, 0.05) is 48.4 Å². The molecule has 0 saturated heterocycles. The Balaban J connectivity index is 0.00000145. The monoisotopic (exact) mass is 616 g/mol. The van der Waals surface area contributed by atoms with E-state index in [4.69, 9.17) is 4.42 Å². The highest BCUT2D eigenvalue weighted by Gasteiger charge is 2.22. The molecule has 3 aromatic rings. The third kappa shape index (κ3) is 3.80. The van der Waals surface area contributed by atoms with Gasteiger partial charge in [0.15, 0.2) is 5.43 Å².